The van der Waals surface area contributed by atoms with Crippen LogP contribution in [-0.4, -0.2) is 15.0 Å². The average Bonchev–Trinajstić information content (AvgIpc) is 2.23. The van der Waals surface area contributed by atoms with Gasteiger partial charge in [0.25, 0.3) is 9.05 Å². The fourth-order valence-corrected chi connectivity index (χ4v) is 2.84. The Morgan fingerprint density at radius 1 is 1.29 bits per heavy atom. The first-order valence-electron chi connectivity index (χ1n) is 4.54. The van der Waals surface area contributed by atoms with Crippen LogP contribution in [0.15, 0.2) is 29.2 Å². The van der Waals surface area contributed by atoms with Gasteiger partial charge in [-0.3, -0.25) is 0 Å². The van der Waals surface area contributed by atoms with Crippen molar-refractivity contribution in [2.24, 2.45) is 0 Å². The number of halogens is 3. The molecule has 0 aliphatic rings. The fourth-order valence-electron chi connectivity index (χ4n) is 1.05. The summed E-state index contributed by atoms with van der Waals surface area (Å²) in [5, 5.41) is -0.113. The molecule has 17 heavy (non-hydrogen) atoms. The number of benzene rings is 1. The molecule has 0 atom stereocenters. The summed E-state index contributed by atoms with van der Waals surface area (Å²) in [6, 6.07) is 2.66. The van der Waals surface area contributed by atoms with Crippen LogP contribution >= 0.6 is 33.9 Å². The standard InChI is InChI=1S/C10H9Cl3O3S/c1-2-3-6-16-7-4-5-8(17(13,14)15)10(12)9(7)11/h2-5H,6H2,1H3/b3-2+. The Balaban J connectivity index is 3.11. The number of hydrogen-bond donors (Lipinski definition) is 0. The maximum absolute atomic E-state index is 11.1. The molecule has 0 radical (unpaired) electrons. The zero-order valence-corrected chi connectivity index (χ0v) is 11.9. The first kappa shape index (κ1) is 14.6. The normalized spacial score (nSPS) is 12.0. The van der Waals surface area contributed by atoms with Gasteiger partial charge in [-0.2, -0.15) is 0 Å². The third-order valence-electron chi connectivity index (χ3n) is 1.84. The Hall–Kier alpha value is -0.420. The lowest BCUT2D eigenvalue weighted by atomic mass is 10.3. The third-order valence-corrected chi connectivity index (χ3v) is 4.19. The van der Waals surface area contributed by atoms with Crippen molar-refractivity contribution in [3.05, 3.63) is 34.3 Å². The molecule has 94 valence electrons. The molecule has 0 spiro atoms. The van der Waals surface area contributed by atoms with Crippen LogP contribution in [0.2, 0.25) is 10.0 Å². The molecule has 0 saturated carbocycles. The second kappa shape index (κ2) is 5.96. The van der Waals surface area contributed by atoms with Gasteiger partial charge in [0.2, 0.25) is 0 Å². The Bertz CT molecular complexity index is 538. The highest BCUT2D eigenvalue weighted by molar-refractivity contribution is 8.13. The number of allylic oxidation sites excluding steroid dienone is 1. The first-order valence-corrected chi connectivity index (χ1v) is 7.61. The van der Waals surface area contributed by atoms with E-state index >= 15 is 0 Å². The minimum absolute atomic E-state index is 0.0258. The van der Waals surface area contributed by atoms with Crippen LogP contribution in [0, 0.1) is 0 Å². The van der Waals surface area contributed by atoms with E-state index in [9.17, 15) is 8.42 Å². The minimum Gasteiger partial charge on any atom is -0.488 e. The van der Waals surface area contributed by atoms with Gasteiger partial charge in [0.15, 0.2) is 0 Å². The summed E-state index contributed by atoms with van der Waals surface area (Å²) in [7, 11) is 1.28. The van der Waals surface area contributed by atoms with Crippen molar-refractivity contribution in [3.8, 4) is 5.75 Å². The number of hydrogen-bond acceptors (Lipinski definition) is 3. The SMILES string of the molecule is C/C=C/COc1ccc(S(=O)(=O)Cl)c(Cl)c1Cl. The van der Waals surface area contributed by atoms with Gasteiger partial charge in [-0.1, -0.05) is 35.4 Å². The van der Waals surface area contributed by atoms with Gasteiger partial charge in [-0.25, -0.2) is 8.42 Å². The van der Waals surface area contributed by atoms with Gasteiger partial charge < -0.3 is 4.74 Å². The summed E-state index contributed by atoms with van der Waals surface area (Å²) < 4.78 is 27.6. The van der Waals surface area contributed by atoms with Crippen molar-refractivity contribution in [2.45, 2.75) is 11.8 Å². The van der Waals surface area contributed by atoms with Crippen molar-refractivity contribution in [1.29, 1.82) is 0 Å². The van der Waals surface area contributed by atoms with Crippen LogP contribution < -0.4 is 4.74 Å². The van der Waals surface area contributed by atoms with E-state index in [2.05, 4.69) is 0 Å². The van der Waals surface area contributed by atoms with E-state index in [1.54, 1.807) is 6.08 Å². The lowest BCUT2D eigenvalue weighted by molar-refractivity contribution is 0.362. The van der Waals surface area contributed by atoms with E-state index in [1.165, 1.54) is 12.1 Å². The van der Waals surface area contributed by atoms with E-state index in [0.717, 1.165) is 0 Å². The summed E-state index contributed by atoms with van der Waals surface area (Å²) in [6.45, 7) is 2.17. The van der Waals surface area contributed by atoms with Gasteiger partial charge in [-0.05, 0) is 19.1 Å². The van der Waals surface area contributed by atoms with E-state index in [1.807, 2.05) is 13.0 Å². The molecule has 0 heterocycles. The van der Waals surface area contributed by atoms with E-state index in [-0.39, 0.29) is 14.9 Å². The molecule has 7 heteroatoms. The number of ether oxygens (including phenoxy) is 1. The van der Waals surface area contributed by atoms with Gasteiger partial charge in [0.1, 0.15) is 22.3 Å². The predicted molar refractivity (Wildman–Crippen MR) is 69.8 cm³/mol. The molecule has 1 aromatic carbocycles. The molecule has 0 aromatic heterocycles. The Kier molecular flexibility index (Phi) is 5.13. The maximum atomic E-state index is 11.1. The summed E-state index contributed by atoms with van der Waals surface area (Å²) in [5.41, 5.74) is 0. The fraction of sp³-hybridized carbons (Fsp3) is 0.200. The largest absolute Gasteiger partial charge is 0.488 e. The smallest absolute Gasteiger partial charge is 0.262 e. The Labute approximate surface area is 114 Å². The molecule has 0 aliphatic heterocycles. The van der Waals surface area contributed by atoms with Crippen molar-refractivity contribution >= 4 is 42.9 Å². The van der Waals surface area contributed by atoms with Crippen molar-refractivity contribution in [3.63, 3.8) is 0 Å². The lowest BCUT2D eigenvalue weighted by Gasteiger charge is -2.09. The summed E-state index contributed by atoms with van der Waals surface area (Å²) in [5.74, 6) is 0.304. The van der Waals surface area contributed by atoms with Crippen LogP contribution in [0.4, 0.5) is 0 Å². The maximum Gasteiger partial charge on any atom is 0.262 e. The topological polar surface area (TPSA) is 43.4 Å². The Morgan fingerprint density at radius 2 is 1.94 bits per heavy atom. The highest BCUT2D eigenvalue weighted by atomic mass is 35.7. The van der Waals surface area contributed by atoms with E-state index < -0.39 is 9.05 Å². The van der Waals surface area contributed by atoms with E-state index in [0.29, 0.717) is 12.4 Å². The molecule has 0 aliphatic carbocycles. The third kappa shape index (κ3) is 3.78. The molecule has 3 nitrogen and oxygen atoms in total. The van der Waals surface area contributed by atoms with Crippen molar-refractivity contribution < 1.29 is 13.2 Å². The van der Waals surface area contributed by atoms with Crippen LogP contribution in [0.1, 0.15) is 6.92 Å². The minimum atomic E-state index is -3.91. The molecular weight excluding hydrogens is 307 g/mol. The highest BCUT2D eigenvalue weighted by Gasteiger charge is 2.19. The summed E-state index contributed by atoms with van der Waals surface area (Å²) in [4.78, 5) is -0.232. The molecular formula is C10H9Cl3O3S. The van der Waals surface area contributed by atoms with Crippen LogP contribution in [0.3, 0.4) is 0 Å². The molecule has 0 N–H and O–H groups in total. The zero-order valence-electron chi connectivity index (χ0n) is 8.78. The molecule has 0 bridgehead atoms. The van der Waals surface area contributed by atoms with Gasteiger partial charge >= 0.3 is 0 Å². The van der Waals surface area contributed by atoms with Crippen molar-refractivity contribution in [2.75, 3.05) is 6.61 Å². The lowest BCUT2D eigenvalue weighted by Crippen LogP contribution is -1.97. The summed E-state index contributed by atoms with van der Waals surface area (Å²) in [6.07, 6.45) is 3.59. The number of rotatable bonds is 4. The zero-order chi connectivity index (χ0) is 13.1. The van der Waals surface area contributed by atoms with Crippen LogP contribution in [0.25, 0.3) is 0 Å². The molecule has 0 saturated heterocycles. The molecule has 0 unspecified atom stereocenters. The Morgan fingerprint density at radius 3 is 2.47 bits per heavy atom. The average molecular weight is 316 g/mol. The molecule has 0 fully saturated rings. The van der Waals surface area contributed by atoms with E-state index in [4.69, 9.17) is 38.6 Å². The first-order chi connectivity index (χ1) is 7.88. The second-order valence-corrected chi connectivity index (χ2v) is 6.30. The summed E-state index contributed by atoms with van der Waals surface area (Å²) >= 11 is 11.7. The predicted octanol–water partition coefficient (Wildman–Crippen LogP) is 3.88. The quantitative estimate of drug-likeness (QED) is 0.625. The van der Waals surface area contributed by atoms with Crippen molar-refractivity contribution in [1.82, 2.24) is 0 Å². The highest BCUT2D eigenvalue weighted by Crippen LogP contribution is 2.37. The van der Waals surface area contributed by atoms with Crippen LogP contribution in [0.5, 0.6) is 5.75 Å². The molecule has 0 amide bonds. The van der Waals surface area contributed by atoms with Gasteiger partial charge in [0.05, 0.1) is 5.02 Å². The monoisotopic (exact) mass is 314 g/mol. The van der Waals surface area contributed by atoms with Crippen LogP contribution in [-0.2, 0) is 9.05 Å². The van der Waals surface area contributed by atoms with Gasteiger partial charge in [0, 0.05) is 10.7 Å². The second-order valence-electron chi connectivity index (χ2n) is 3.01. The van der Waals surface area contributed by atoms with Gasteiger partial charge in [-0.15, -0.1) is 0 Å². The molecule has 1 rings (SSSR count). The molecule has 1 aromatic rings.